The summed E-state index contributed by atoms with van der Waals surface area (Å²) in [5.41, 5.74) is 0.687. The van der Waals surface area contributed by atoms with Crippen molar-refractivity contribution in [2.75, 3.05) is 34.5 Å². The van der Waals surface area contributed by atoms with Crippen molar-refractivity contribution in [2.45, 2.75) is 31.1 Å². The first-order valence-corrected chi connectivity index (χ1v) is 8.02. The highest BCUT2D eigenvalue weighted by Gasteiger charge is 2.33. The van der Waals surface area contributed by atoms with Gasteiger partial charge in [-0.15, -0.1) is 0 Å². The zero-order chi connectivity index (χ0) is 18.4. The molecule has 25 heavy (non-hydrogen) atoms. The Balaban J connectivity index is 2.07. The molecular weight excluding hydrogens is 330 g/mol. The summed E-state index contributed by atoms with van der Waals surface area (Å²) in [6.07, 6.45) is -1.05. The summed E-state index contributed by atoms with van der Waals surface area (Å²) in [5.74, 6) is 1.14. The third-order valence-corrected chi connectivity index (χ3v) is 4.17. The molecule has 0 saturated carbocycles. The highest BCUT2D eigenvalue weighted by Crippen LogP contribution is 2.38. The van der Waals surface area contributed by atoms with Gasteiger partial charge in [0.2, 0.25) is 11.7 Å². The van der Waals surface area contributed by atoms with Crippen molar-refractivity contribution in [3.8, 4) is 17.2 Å². The highest BCUT2D eigenvalue weighted by atomic mass is 16.5. The summed E-state index contributed by atoms with van der Waals surface area (Å²) in [5, 5.41) is 22.1. The largest absolute Gasteiger partial charge is 0.493 e. The number of aliphatic hydroxyl groups excluding tert-OH is 2. The van der Waals surface area contributed by atoms with Crippen LogP contribution in [0.4, 0.5) is 0 Å². The molecule has 2 rings (SSSR count). The third kappa shape index (κ3) is 4.53. The SMILES string of the molecule is COc1cc(CC(=O)N[C@H]2CCO[C@H](CO)[C@H]2O)cc(OC)c1OC. The van der Waals surface area contributed by atoms with E-state index >= 15 is 0 Å². The quantitative estimate of drug-likeness (QED) is 0.626. The number of amides is 1. The summed E-state index contributed by atoms with van der Waals surface area (Å²) in [7, 11) is 4.53. The molecule has 0 spiro atoms. The molecule has 1 saturated heterocycles. The van der Waals surface area contributed by atoms with Gasteiger partial charge in [-0.3, -0.25) is 4.79 Å². The molecule has 1 aliphatic rings. The van der Waals surface area contributed by atoms with Crippen LogP contribution < -0.4 is 19.5 Å². The Hall–Kier alpha value is -2.03. The van der Waals surface area contributed by atoms with Gasteiger partial charge < -0.3 is 34.5 Å². The van der Waals surface area contributed by atoms with E-state index in [2.05, 4.69) is 5.32 Å². The van der Waals surface area contributed by atoms with Gasteiger partial charge in [0.1, 0.15) is 12.2 Å². The lowest BCUT2D eigenvalue weighted by Crippen LogP contribution is -2.54. The molecule has 140 valence electrons. The Labute approximate surface area is 146 Å². The van der Waals surface area contributed by atoms with E-state index in [0.717, 1.165) is 0 Å². The topological polar surface area (TPSA) is 106 Å². The van der Waals surface area contributed by atoms with Crippen molar-refractivity contribution in [2.24, 2.45) is 0 Å². The van der Waals surface area contributed by atoms with Crippen LogP contribution in [-0.4, -0.2) is 68.9 Å². The molecule has 0 aliphatic carbocycles. The molecule has 0 unspecified atom stereocenters. The molecule has 3 N–H and O–H groups in total. The van der Waals surface area contributed by atoms with Gasteiger partial charge in [0, 0.05) is 6.61 Å². The van der Waals surface area contributed by atoms with Crippen LogP contribution in [-0.2, 0) is 16.0 Å². The number of carbonyl (C=O) groups is 1. The Bertz CT molecular complexity index is 567. The molecule has 1 aromatic carbocycles. The van der Waals surface area contributed by atoms with E-state index in [9.17, 15) is 15.0 Å². The Morgan fingerprint density at radius 2 is 1.88 bits per heavy atom. The number of ether oxygens (including phenoxy) is 4. The third-order valence-electron chi connectivity index (χ3n) is 4.17. The van der Waals surface area contributed by atoms with E-state index in [1.807, 2.05) is 0 Å². The van der Waals surface area contributed by atoms with Crippen molar-refractivity contribution in [3.05, 3.63) is 17.7 Å². The van der Waals surface area contributed by atoms with E-state index < -0.39 is 18.2 Å². The average molecular weight is 355 g/mol. The van der Waals surface area contributed by atoms with E-state index in [4.69, 9.17) is 18.9 Å². The zero-order valence-electron chi connectivity index (χ0n) is 14.7. The van der Waals surface area contributed by atoms with Crippen LogP contribution in [0.25, 0.3) is 0 Å². The Morgan fingerprint density at radius 1 is 1.24 bits per heavy atom. The number of nitrogens with one attached hydrogen (secondary N) is 1. The lowest BCUT2D eigenvalue weighted by molar-refractivity contribution is -0.131. The van der Waals surface area contributed by atoms with E-state index in [1.165, 1.54) is 21.3 Å². The smallest absolute Gasteiger partial charge is 0.224 e. The number of carbonyl (C=O) groups excluding carboxylic acids is 1. The fraction of sp³-hybridized carbons (Fsp3) is 0.588. The molecule has 8 nitrogen and oxygen atoms in total. The van der Waals surface area contributed by atoms with Crippen molar-refractivity contribution in [1.82, 2.24) is 5.32 Å². The summed E-state index contributed by atoms with van der Waals surface area (Å²) in [6, 6.07) is 2.95. The molecular formula is C17H25NO7. The second-order valence-electron chi connectivity index (χ2n) is 5.76. The first-order chi connectivity index (χ1) is 12.0. The molecule has 3 atom stereocenters. The van der Waals surface area contributed by atoms with Crippen LogP contribution in [0.2, 0.25) is 0 Å². The van der Waals surface area contributed by atoms with Gasteiger partial charge in [0.25, 0.3) is 0 Å². The number of hydrogen-bond acceptors (Lipinski definition) is 7. The number of methoxy groups -OCH3 is 3. The summed E-state index contributed by atoms with van der Waals surface area (Å²) in [4.78, 5) is 12.3. The average Bonchev–Trinajstić information content (AvgIpc) is 2.62. The van der Waals surface area contributed by atoms with E-state index in [-0.39, 0.29) is 18.9 Å². The first-order valence-electron chi connectivity index (χ1n) is 8.02. The molecule has 1 fully saturated rings. The van der Waals surface area contributed by atoms with Gasteiger partial charge in [-0.25, -0.2) is 0 Å². The van der Waals surface area contributed by atoms with Gasteiger partial charge in [0.05, 0.1) is 40.4 Å². The van der Waals surface area contributed by atoms with Crippen LogP contribution >= 0.6 is 0 Å². The predicted octanol–water partition coefficient (Wildman–Crippen LogP) is -0.118. The maximum atomic E-state index is 12.3. The van der Waals surface area contributed by atoms with Crippen LogP contribution in [0.1, 0.15) is 12.0 Å². The molecule has 8 heteroatoms. The Kier molecular flexibility index (Phi) is 6.86. The summed E-state index contributed by atoms with van der Waals surface area (Å²) < 4.78 is 21.1. The normalized spacial score (nSPS) is 23.0. The molecule has 1 heterocycles. The Morgan fingerprint density at radius 3 is 2.40 bits per heavy atom. The van der Waals surface area contributed by atoms with Crippen molar-refractivity contribution >= 4 is 5.91 Å². The van der Waals surface area contributed by atoms with Crippen LogP contribution in [0.3, 0.4) is 0 Å². The maximum absolute atomic E-state index is 12.3. The minimum atomic E-state index is -0.942. The van der Waals surface area contributed by atoms with Crippen LogP contribution in [0.15, 0.2) is 12.1 Å². The van der Waals surface area contributed by atoms with E-state index in [0.29, 0.717) is 35.8 Å². The fourth-order valence-corrected chi connectivity index (χ4v) is 2.87. The van der Waals surface area contributed by atoms with Crippen molar-refractivity contribution in [1.29, 1.82) is 0 Å². The minimum Gasteiger partial charge on any atom is -0.493 e. The summed E-state index contributed by atoms with van der Waals surface area (Å²) >= 11 is 0. The van der Waals surface area contributed by atoms with Gasteiger partial charge in [0.15, 0.2) is 11.5 Å². The van der Waals surface area contributed by atoms with Crippen LogP contribution in [0.5, 0.6) is 17.2 Å². The lowest BCUT2D eigenvalue weighted by atomic mass is 9.99. The van der Waals surface area contributed by atoms with Gasteiger partial charge in [-0.05, 0) is 24.1 Å². The van der Waals surface area contributed by atoms with Crippen molar-refractivity contribution in [3.63, 3.8) is 0 Å². The van der Waals surface area contributed by atoms with E-state index in [1.54, 1.807) is 12.1 Å². The lowest BCUT2D eigenvalue weighted by Gasteiger charge is -2.34. The van der Waals surface area contributed by atoms with Crippen LogP contribution in [0, 0.1) is 0 Å². The second-order valence-corrected chi connectivity index (χ2v) is 5.76. The van der Waals surface area contributed by atoms with Gasteiger partial charge >= 0.3 is 0 Å². The second kappa shape index (κ2) is 8.89. The molecule has 1 aromatic rings. The number of aliphatic hydroxyl groups is 2. The zero-order valence-corrected chi connectivity index (χ0v) is 14.7. The molecule has 0 aromatic heterocycles. The van der Waals surface area contributed by atoms with Crippen molar-refractivity contribution < 1.29 is 34.0 Å². The summed E-state index contributed by atoms with van der Waals surface area (Å²) in [6.45, 7) is 0.0812. The fourth-order valence-electron chi connectivity index (χ4n) is 2.87. The monoisotopic (exact) mass is 355 g/mol. The molecule has 1 aliphatic heterocycles. The standard InChI is InChI=1S/C17H25NO7/c1-22-12-6-10(7-13(23-2)17(12)24-3)8-15(20)18-11-4-5-25-14(9-19)16(11)21/h6-7,11,14,16,19,21H,4-5,8-9H2,1-3H3,(H,18,20)/t11-,14+,16-/m0/s1. The minimum absolute atomic E-state index is 0.0879. The number of hydrogen-bond donors (Lipinski definition) is 3. The number of benzene rings is 1. The molecule has 0 bridgehead atoms. The predicted molar refractivity (Wildman–Crippen MR) is 89.2 cm³/mol. The van der Waals surface area contributed by atoms with Gasteiger partial charge in [-0.2, -0.15) is 0 Å². The maximum Gasteiger partial charge on any atom is 0.224 e. The van der Waals surface area contributed by atoms with Gasteiger partial charge in [-0.1, -0.05) is 0 Å². The first kappa shape index (κ1) is 19.3. The highest BCUT2D eigenvalue weighted by molar-refractivity contribution is 5.79. The number of rotatable bonds is 7. The molecule has 0 radical (unpaired) electrons. The molecule has 1 amide bonds.